The molecule has 1 aliphatic heterocycles. The average Bonchev–Trinajstić information content (AvgIpc) is 2.76. The molecule has 0 radical (unpaired) electrons. The van der Waals surface area contributed by atoms with E-state index in [4.69, 9.17) is 9.47 Å². The molecule has 3 aromatic rings. The largest absolute Gasteiger partial charge is 0.507 e. The van der Waals surface area contributed by atoms with Gasteiger partial charge < -0.3 is 14.6 Å². The zero-order chi connectivity index (χ0) is 19.5. The van der Waals surface area contributed by atoms with E-state index in [1.807, 2.05) is 42.5 Å². The number of ether oxygens (including phenoxy) is 2. The Morgan fingerprint density at radius 3 is 2.21 bits per heavy atom. The summed E-state index contributed by atoms with van der Waals surface area (Å²) in [6.07, 6.45) is 3.61. The maximum atomic E-state index is 11.3. The number of nitrogens with zero attached hydrogens (tertiary/aromatic N) is 1. The number of methoxy groups -OCH3 is 2. The van der Waals surface area contributed by atoms with E-state index >= 15 is 0 Å². The summed E-state index contributed by atoms with van der Waals surface area (Å²) in [5.74, 6) is 1.94. The second-order valence-electron chi connectivity index (χ2n) is 7.30. The summed E-state index contributed by atoms with van der Waals surface area (Å²) in [7, 11) is 3.36. The maximum Gasteiger partial charge on any atom is 0.128 e. The first kappa shape index (κ1) is 18.6. The molecule has 1 atom stereocenters. The fourth-order valence-electron chi connectivity index (χ4n) is 4.36. The van der Waals surface area contributed by atoms with Crippen LogP contribution in [0.2, 0.25) is 0 Å². The Bertz CT molecular complexity index is 963. The summed E-state index contributed by atoms with van der Waals surface area (Å²) in [6, 6.07) is 17.9. The summed E-state index contributed by atoms with van der Waals surface area (Å²) in [6.45, 7) is 2.02. The topological polar surface area (TPSA) is 41.9 Å². The predicted octanol–water partition coefficient (Wildman–Crippen LogP) is 5.14. The van der Waals surface area contributed by atoms with Gasteiger partial charge in [-0.2, -0.15) is 0 Å². The van der Waals surface area contributed by atoms with Gasteiger partial charge in [-0.15, -0.1) is 0 Å². The Kier molecular flexibility index (Phi) is 5.40. The standard InChI is InChI=1S/C24H27NO3/c1-27-21-12-8-10-18-17(21)13-14-20(24(18)26)23(25-15-6-3-7-16-25)19-9-4-5-11-22(19)28-2/h4-5,8-14,23,26H,3,6-7,15-16H2,1-2H3/t23-/m1/s1. The normalized spacial score (nSPS) is 16.1. The van der Waals surface area contributed by atoms with Crippen molar-refractivity contribution in [1.29, 1.82) is 0 Å². The highest BCUT2D eigenvalue weighted by Crippen LogP contribution is 2.43. The van der Waals surface area contributed by atoms with Crippen LogP contribution in [-0.4, -0.2) is 37.3 Å². The predicted molar refractivity (Wildman–Crippen MR) is 112 cm³/mol. The Hall–Kier alpha value is -2.72. The fraction of sp³-hybridized carbons (Fsp3) is 0.333. The summed E-state index contributed by atoms with van der Waals surface area (Å²) in [5, 5.41) is 13.0. The zero-order valence-corrected chi connectivity index (χ0v) is 16.5. The first-order valence-electron chi connectivity index (χ1n) is 9.90. The van der Waals surface area contributed by atoms with Crippen molar-refractivity contribution in [3.8, 4) is 17.2 Å². The number of piperidine rings is 1. The molecule has 4 nitrogen and oxygen atoms in total. The first-order chi connectivity index (χ1) is 13.7. The molecule has 1 fully saturated rings. The van der Waals surface area contributed by atoms with Crippen LogP contribution in [0.1, 0.15) is 36.4 Å². The molecule has 1 aliphatic rings. The molecule has 4 heteroatoms. The number of benzene rings is 3. The van der Waals surface area contributed by atoms with Crippen LogP contribution < -0.4 is 9.47 Å². The molecule has 3 aromatic carbocycles. The van der Waals surface area contributed by atoms with Gasteiger partial charge in [-0.25, -0.2) is 0 Å². The first-order valence-corrected chi connectivity index (χ1v) is 9.90. The van der Waals surface area contributed by atoms with E-state index in [-0.39, 0.29) is 6.04 Å². The number of hydrogen-bond donors (Lipinski definition) is 1. The molecule has 0 bridgehead atoms. The highest BCUT2D eigenvalue weighted by atomic mass is 16.5. The van der Waals surface area contributed by atoms with Crippen LogP contribution in [0.25, 0.3) is 10.8 Å². The number of phenolic OH excluding ortho intramolecular Hbond substituents is 1. The number of fused-ring (bicyclic) bond motifs is 1. The van der Waals surface area contributed by atoms with Crippen molar-refractivity contribution in [2.45, 2.75) is 25.3 Å². The third-order valence-electron chi connectivity index (χ3n) is 5.73. The van der Waals surface area contributed by atoms with Crippen molar-refractivity contribution >= 4 is 10.8 Å². The lowest BCUT2D eigenvalue weighted by molar-refractivity contribution is 0.182. The van der Waals surface area contributed by atoms with Crippen LogP contribution in [0, 0.1) is 0 Å². The molecule has 0 aromatic heterocycles. The molecule has 0 unspecified atom stereocenters. The van der Waals surface area contributed by atoms with Gasteiger partial charge in [0.05, 0.1) is 20.3 Å². The highest BCUT2D eigenvalue weighted by Gasteiger charge is 2.29. The van der Waals surface area contributed by atoms with E-state index in [0.29, 0.717) is 5.75 Å². The summed E-state index contributed by atoms with van der Waals surface area (Å²) < 4.78 is 11.2. The molecule has 1 heterocycles. The van der Waals surface area contributed by atoms with Crippen molar-refractivity contribution in [3.05, 3.63) is 65.7 Å². The highest BCUT2D eigenvalue weighted by molar-refractivity contribution is 5.94. The molecule has 0 aliphatic carbocycles. The number of para-hydroxylation sites is 1. The number of aromatic hydroxyl groups is 1. The second kappa shape index (κ2) is 8.11. The van der Waals surface area contributed by atoms with Gasteiger partial charge >= 0.3 is 0 Å². The minimum Gasteiger partial charge on any atom is -0.507 e. The Morgan fingerprint density at radius 2 is 1.46 bits per heavy atom. The van der Waals surface area contributed by atoms with Crippen LogP contribution in [0.15, 0.2) is 54.6 Å². The maximum absolute atomic E-state index is 11.3. The van der Waals surface area contributed by atoms with Crippen molar-refractivity contribution in [2.75, 3.05) is 27.3 Å². The SMILES string of the molecule is COc1ccccc1[C@H](c1ccc2c(OC)cccc2c1O)N1CCCCC1. The van der Waals surface area contributed by atoms with Gasteiger partial charge in [0, 0.05) is 21.9 Å². The molecule has 0 saturated carbocycles. The smallest absolute Gasteiger partial charge is 0.128 e. The molecule has 0 amide bonds. The lowest BCUT2D eigenvalue weighted by Crippen LogP contribution is -2.34. The van der Waals surface area contributed by atoms with Gasteiger partial charge in [0.1, 0.15) is 17.2 Å². The Morgan fingerprint density at radius 1 is 0.750 bits per heavy atom. The van der Waals surface area contributed by atoms with Crippen LogP contribution in [0.4, 0.5) is 0 Å². The van der Waals surface area contributed by atoms with Crippen molar-refractivity contribution in [3.63, 3.8) is 0 Å². The second-order valence-corrected chi connectivity index (χ2v) is 7.30. The summed E-state index contributed by atoms with van der Waals surface area (Å²) in [4.78, 5) is 2.46. The lowest BCUT2D eigenvalue weighted by Gasteiger charge is -2.36. The number of likely N-dealkylation sites (tertiary alicyclic amines) is 1. The minimum atomic E-state index is -0.0490. The van der Waals surface area contributed by atoms with Crippen LogP contribution in [0.5, 0.6) is 17.2 Å². The van der Waals surface area contributed by atoms with E-state index in [1.54, 1.807) is 14.2 Å². The molecular weight excluding hydrogens is 350 g/mol. The van der Waals surface area contributed by atoms with Gasteiger partial charge in [-0.05, 0) is 38.1 Å². The van der Waals surface area contributed by atoms with Gasteiger partial charge in [-0.1, -0.05) is 48.9 Å². The molecule has 146 valence electrons. The van der Waals surface area contributed by atoms with E-state index < -0.39 is 0 Å². The Labute approximate surface area is 166 Å². The van der Waals surface area contributed by atoms with Crippen LogP contribution in [-0.2, 0) is 0 Å². The molecule has 28 heavy (non-hydrogen) atoms. The van der Waals surface area contributed by atoms with Gasteiger partial charge in [0.25, 0.3) is 0 Å². The molecule has 4 rings (SSSR count). The van der Waals surface area contributed by atoms with Gasteiger partial charge in [0.2, 0.25) is 0 Å². The summed E-state index contributed by atoms with van der Waals surface area (Å²) in [5.41, 5.74) is 2.00. The quantitative estimate of drug-likeness (QED) is 0.669. The van der Waals surface area contributed by atoms with Gasteiger partial charge in [0.15, 0.2) is 0 Å². The van der Waals surface area contributed by atoms with E-state index in [0.717, 1.165) is 46.5 Å². The average molecular weight is 377 g/mol. The molecule has 1 saturated heterocycles. The lowest BCUT2D eigenvalue weighted by atomic mass is 9.91. The van der Waals surface area contributed by atoms with E-state index in [2.05, 4.69) is 17.0 Å². The zero-order valence-electron chi connectivity index (χ0n) is 16.5. The number of hydrogen-bond acceptors (Lipinski definition) is 4. The number of rotatable bonds is 5. The van der Waals surface area contributed by atoms with Crippen LogP contribution in [0.3, 0.4) is 0 Å². The summed E-state index contributed by atoms with van der Waals surface area (Å²) >= 11 is 0. The van der Waals surface area contributed by atoms with Crippen molar-refractivity contribution < 1.29 is 14.6 Å². The molecule has 1 N–H and O–H groups in total. The van der Waals surface area contributed by atoms with E-state index in [1.165, 1.54) is 19.3 Å². The van der Waals surface area contributed by atoms with Gasteiger partial charge in [-0.3, -0.25) is 4.90 Å². The monoisotopic (exact) mass is 377 g/mol. The van der Waals surface area contributed by atoms with E-state index in [9.17, 15) is 5.11 Å². The van der Waals surface area contributed by atoms with Crippen molar-refractivity contribution in [1.82, 2.24) is 4.90 Å². The fourth-order valence-corrected chi connectivity index (χ4v) is 4.36. The molecular formula is C24H27NO3. The van der Waals surface area contributed by atoms with Crippen LogP contribution >= 0.6 is 0 Å². The number of phenols is 1. The third kappa shape index (κ3) is 3.29. The Balaban J connectivity index is 1.90. The third-order valence-corrected chi connectivity index (χ3v) is 5.73. The molecule has 0 spiro atoms. The van der Waals surface area contributed by atoms with Crippen molar-refractivity contribution in [2.24, 2.45) is 0 Å². The minimum absolute atomic E-state index is 0.0490.